The van der Waals surface area contributed by atoms with Gasteiger partial charge in [-0.1, -0.05) is 41.6 Å². The van der Waals surface area contributed by atoms with Gasteiger partial charge in [-0.2, -0.15) is 0 Å². The van der Waals surface area contributed by atoms with Gasteiger partial charge >= 0.3 is 5.97 Å². The molecule has 7 heteroatoms. The first kappa shape index (κ1) is 17.5. The number of ether oxygens (including phenoxy) is 1. The van der Waals surface area contributed by atoms with Gasteiger partial charge in [-0.3, -0.25) is 14.2 Å². The second-order valence-electron chi connectivity index (χ2n) is 5.13. The third-order valence-electron chi connectivity index (χ3n) is 3.44. The normalized spacial score (nSPS) is 10.8. The molecule has 0 radical (unpaired) electrons. The quantitative estimate of drug-likeness (QED) is 0.387. The van der Waals surface area contributed by atoms with Gasteiger partial charge in [0.15, 0.2) is 5.16 Å². The number of halogens is 1. The van der Waals surface area contributed by atoms with E-state index >= 15 is 0 Å². The zero-order chi connectivity index (χ0) is 17.8. The third kappa shape index (κ3) is 3.86. The van der Waals surface area contributed by atoms with E-state index in [0.29, 0.717) is 33.4 Å². The number of esters is 1. The maximum absolute atomic E-state index is 13.0. The highest BCUT2D eigenvalue weighted by Crippen LogP contribution is 2.23. The lowest BCUT2D eigenvalue weighted by Crippen LogP contribution is -2.22. The molecular formula is C18H15ClN2O3S. The van der Waals surface area contributed by atoms with Crippen LogP contribution in [0.25, 0.3) is 16.6 Å². The number of carbonyl (C=O) groups is 1. The summed E-state index contributed by atoms with van der Waals surface area (Å²) in [5.74, 6) is -0.285. The van der Waals surface area contributed by atoms with E-state index in [4.69, 9.17) is 16.3 Å². The van der Waals surface area contributed by atoms with E-state index in [0.717, 1.165) is 11.8 Å². The van der Waals surface area contributed by atoms with Crippen molar-refractivity contribution in [2.24, 2.45) is 0 Å². The lowest BCUT2D eigenvalue weighted by molar-refractivity contribution is -0.139. The van der Waals surface area contributed by atoms with Crippen LogP contribution in [0.5, 0.6) is 0 Å². The van der Waals surface area contributed by atoms with Crippen LogP contribution >= 0.6 is 23.4 Å². The van der Waals surface area contributed by atoms with E-state index in [9.17, 15) is 9.59 Å². The number of rotatable bonds is 5. The maximum atomic E-state index is 13.0. The van der Waals surface area contributed by atoms with Gasteiger partial charge in [-0.25, -0.2) is 4.98 Å². The van der Waals surface area contributed by atoms with Crippen LogP contribution in [0.3, 0.4) is 0 Å². The first-order chi connectivity index (χ1) is 12.1. The van der Waals surface area contributed by atoms with Gasteiger partial charge in [0.2, 0.25) is 0 Å². The molecule has 1 aromatic heterocycles. The van der Waals surface area contributed by atoms with Gasteiger partial charge in [0.1, 0.15) is 0 Å². The molecule has 0 saturated heterocycles. The first-order valence-corrected chi connectivity index (χ1v) is 9.02. The molecule has 0 aliphatic rings. The standard InChI is InChI=1S/C18H15ClN2O3S/c1-2-24-16(22)11-25-18-20-15-9-4-3-8-14(15)17(23)21(18)13-7-5-6-12(19)10-13/h3-10H,2,11H2,1H3. The fourth-order valence-corrected chi connectivity index (χ4v) is 3.37. The van der Waals surface area contributed by atoms with E-state index in [1.54, 1.807) is 49.4 Å². The van der Waals surface area contributed by atoms with Crippen molar-refractivity contribution in [3.63, 3.8) is 0 Å². The fourth-order valence-electron chi connectivity index (χ4n) is 2.38. The molecule has 0 unspecified atom stereocenters. The van der Waals surface area contributed by atoms with Crippen molar-refractivity contribution < 1.29 is 9.53 Å². The van der Waals surface area contributed by atoms with Crippen LogP contribution in [0, 0.1) is 0 Å². The zero-order valence-corrected chi connectivity index (χ0v) is 15.0. The number of carbonyl (C=O) groups excluding carboxylic acids is 1. The summed E-state index contributed by atoms with van der Waals surface area (Å²) in [5.41, 5.74) is 0.971. The third-order valence-corrected chi connectivity index (χ3v) is 4.58. The van der Waals surface area contributed by atoms with Crippen LogP contribution in [0.2, 0.25) is 5.02 Å². The Hall–Kier alpha value is -2.31. The number of hydrogen-bond acceptors (Lipinski definition) is 5. The minimum absolute atomic E-state index is 0.0686. The first-order valence-electron chi connectivity index (χ1n) is 7.66. The van der Waals surface area contributed by atoms with Gasteiger partial charge in [-0.15, -0.1) is 0 Å². The Labute approximate surface area is 153 Å². The van der Waals surface area contributed by atoms with Crippen molar-refractivity contribution in [3.05, 3.63) is 63.9 Å². The predicted molar refractivity (Wildman–Crippen MR) is 99.7 cm³/mol. The second-order valence-corrected chi connectivity index (χ2v) is 6.50. The highest BCUT2D eigenvalue weighted by molar-refractivity contribution is 7.99. The van der Waals surface area contributed by atoms with Crippen LogP contribution in [0.1, 0.15) is 6.92 Å². The molecule has 0 saturated carbocycles. The summed E-state index contributed by atoms with van der Waals surface area (Å²) in [6.45, 7) is 2.06. The Morgan fingerprint density at radius 3 is 2.80 bits per heavy atom. The Kier molecular flexibility index (Phi) is 5.40. The van der Waals surface area contributed by atoms with Crippen molar-refractivity contribution >= 4 is 40.2 Å². The summed E-state index contributed by atoms with van der Waals surface area (Å²) in [7, 11) is 0. The molecule has 0 spiro atoms. The fraction of sp³-hybridized carbons (Fsp3) is 0.167. The molecule has 0 bridgehead atoms. The zero-order valence-electron chi connectivity index (χ0n) is 13.4. The average Bonchev–Trinajstić information content (AvgIpc) is 2.60. The van der Waals surface area contributed by atoms with E-state index in [1.165, 1.54) is 4.57 Å². The van der Waals surface area contributed by atoms with Crippen LogP contribution in [0.15, 0.2) is 58.5 Å². The Morgan fingerprint density at radius 2 is 2.04 bits per heavy atom. The van der Waals surface area contributed by atoms with Gasteiger partial charge in [0.25, 0.3) is 5.56 Å². The van der Waals surface area contributed by atoms with Crippen molar-refractivity contribution in [2.75, 3.05) is 12.4 Å². The van der Waals surface area contributed by atoms with Gasteiger partial charge in [-0.05, 0) is 37.3 Å². The minimum Gasteiger partial charge on any atom is -0.465 e. The molecule has 0 aliphatic carbocycles. The monoisotopic (exact) mass is 374 g/mol. The molecule has 25 heavy (non-hydrogen) atoms. The van der Waals surface area contributed by atoms with Crippen molar-refractivity contribution in [3.8, 4) is 5.69 Å². The molecular weight excluding hydrogens is 360 g/mol. The van der Waals surface area contributed by atoms with Crippen LogP contribution in [0.4, 0.5) is 0 Å². The van der Waals surface area contributed by atoms with E-state index in [1.807, 2.05) is 6.07 Å². The Balaban J connectivity index is 2.14. The molecule has 5 nitrogen and oxygen atoms in total. The summed E-state index contributed by atoms with van der Waals surface area (Å²) < 4.78 is 6.42. The molecule has 128 valence electrons. The second kappa shape index (κ2) is 7.72. The summed E-state index contributed by atoms with van der Waals surface area (Å²) in [5, 5.41) is 1.43. The molecule has 1 heterocycles. The molecule has 3 rings (SSSR count). The summed E-state index contributed by atoms with van der Waals surface area (Å²) in [4.78, 5) is 29.2. The summed E-state index contributed by atoms with van der Waals surface area (Å²) in [6, 6.07) is 14.1. The highest BCUT2D eigenvalue weighted by Gasteiger charge is 2.15. The van der Waals surface area contributed by atoms with E-state index < -0.39 is 0 Å². The molecule has 0 atom stereocenters. The number of benzene rings is 2. The summed E-state index contributed by atoms with van der Waals surface area (Å²) >= 11 is 7.23. The van der Waals surface area contributed by atoms with Gasteiger partial charge in [0.05, 0.1) is 29.0 Å². The maximum Gasteiger partial charge on any atom is 0.316 e. The molecule has 2 aromatic carbocycles. The highest BCUT2D eigenvalue weighted by atomic mass is 35.5. The number of nitrogens with zero attached hydrogens (tertiary/aromatic N) is 2. The Bertz CT molecular complexity index is 987. The Morgan fingerprint density at radius 1 is 1.24 bits per heavy atom. The van der Waals surface area contributed by atoms with Gasteiger partial charge < -0.3 is 4.74 Å². The topological polar surface area (TPSA) is 61.2 Å². The van der Waals surface area contributed by atoms with Crippen LogP contribution < -0.4 is 5.56 Å². The number of thioether (sulfide) groups is 1. The molecule has 0 N–H and O–H groups in total. The van der Waals surface area contributed by atoms with Crippen molar-refractivity contribution in [1.29, 1.82) is 0 Å². The number of hydrogen-bond donors (Lipinski definition) is 0. The average molecular weight is 375 g/mol. The largest absolute Gasteiger partial charge is 0.465 e. The lowest BCUT2D eigenvalue weighted by Gasteiger charge is -2.13. The molecule has 3 aromatic rings. The van der Waals surface area contributed by atoms with Crippen molar-refractivity contribution in [2.45, 2.75) is 12.1 Å². The molecule has 0 amide bonds. The SMILES string of the molecule is CCOC(=O)CSc1nc2ccccc2c(=O)n1-c1cccc(Cl)c1. The molecule has 0 aliphatic heterocycles. The summed E-state index contributed by atoms with van der Waals surface area (Å²) in [6.07, 6.45) is 0. The van der Waals surface area contributed by atoms with E-state index in [2.05, 4.69) is 4.98 Å². The lowest BCUT2D eigenvalue weighted by atomic mass is 10.2. The van der Waals surface area contributed by atoms with E-state index in [-0.39, 0.29) is 17.3 Å². The van der Waals surface area contributed by atoms with Crippen molar-refractivity contribution in [1.82, 2.24) is 9.55 Å². The number of fused-ring (bicyclic) bond motifs is 1. The number of para-hydroxylation sites is 1. The minimum atomic E-state index is -0.354. The van der Waals surface area contributed by atoms with Gasteiger partial charge in [0, 0.05) is 5.02 Å². The smallest absolute Gasteiger partial charge is 0.316 e. The van der Waals surface area contributed by atoms with Crippen LogP contribution in [-0.4, -0.2) is 27.9 Å². The van der Waals surface area contributed by atoms with Crippen LogP contribution in [-0.2, 0) is 9.53 Å². The molecule has 0 fully saturated rings. The number of aromatic nitrogens is 2. The predicted octanol–water partition coefficient (Wildman–Crippen LogP) is 3.69.